The standard InChI is InChI=1S/C28H31N3O/c1-20(2)18-22-11-13-23(14-12-22)25-8-7-9-26(21(25)3)28(32)30(4)17-15-24-19-31-16-6-5-10-27(31)29-24/h5-14,16,19-20H,15,17-18H2,1-4H3. The third kappa shape index (κ3) is 4.75. The van der Waals surface area contributed by atoms with Crippen LogP contribution in [-0.2, 0) is 12.8 Å². The molecule has 4 heteroatoms. The summed E-state index contributed by atoms with van der Waals surface area (Å²) in [5, 5.41) is 0. The molecule has 2 heterocycles. The summed E-state index contributed by atoms with van der Waals surface area (Å²) in [7, 11) is 1.87. The van der Waals surface area contributed by atoms with Crippen LogP contribution in [0, 0.1) is 12.8 Å². The molecule has 32 heavy (non-hydrogen) atoms. The first kappa shape index (κ1) is 21.8. The maximum Gasteiger partial charge on any atom is 0.253 e. The Morgan fingerprint density at radius 3 is 2.53 bits per heavy atom. The van der Waals surface area contributed by atoms with Gasteiger partial charge in [0.1, 0.15) is 5.65 Å². The van der Waals surface area contributed by atoms with Crippen molar-refractivity contribution >= 4 is 11.6 Å². The predicted molar refractivity (Wildman–Crippen MR) is 131 cm³/mol. The summed E-state index contributed by atoms with van der Waals surface area (Å²) in [6, 6.07) is 20.7. The molecule has 0 N–H and O–H groups in total. The van der Waals surface area contributed by atoms with Gasteiger partial charge in [-0.25, -0.2) is 4.98 Å². The van der Waals surface area contributed by atoms with Crippen LogP contribution in [0.5, 0.6) is 0 Å². The molecule has 2 aromatic carbocycles. The lowest BCUT2D eigenvalue weighted by Crippen LogP contribution is -2.29. The third-order valence-corrected chi connectivity index (χ3v) is 5.94. The van der Waals surface area contributed by atoms with Gasteiger partial charge in [-0.1, -0.05) is 56.3 Å². The van der Waals surface area contributed by atoms with Gasteiger partial charge in [0.2, 0.25) is 0 Å². The number of imidazole rings is 1. The zero-order valence-corrected chi connectivity index (χ0v) is 19.4. The number of nitrogens with zero attached hydrogens (tertiary/aromatic N) is 3. The van der Waals surface area contributed by atoms with Crippen molar-refractivity contribution in [1.82, 2.24) is 14.3 Å². The monoisotopic (exact) mass is 425 g/mol. The molecular weight excluding hydrogens is 394 g/mol. The Kier molecular flexibility index (Phi) is 6.40. The minimum atomic E-state index is 0.0459. The molecular formula is C28H31N3O. The zero-order valence-electron chi connectivity index (χ0n) is 19.4. The lowest BCUT2D eigenvalue weighted by molar-refractivity contribution is 0.0795. The number of benzene rings is 2. The van der Waals surface area contributed by atoms with Crippen LogP contribution in [-0.4, -0.2) is 33.8 Å². The second-order valence-corrected chi connectivity index (χ2v) is 8.95. The quantitative estimate of drug-likeness (QED) is 0.374. The molecule has 0 fully saturated rings. The van der Waals surface area contributed by atoms with Crippen molar-refractivity contribution in [3.05, 3.63) is 95.4 Å². The van der Waals surface area contributed by atoms with Crippen molar-refractivity contribution in [2.75, 3.05) is 13.6 Å². The Balaban J connectivity index is 1.48. The summed E-state index contributed by atoms with van der Waals surface area (Å²) < 4.78 is 2.01. The molecule has 4 rings (SSSR count). The molecule has 0 atom stereocenters. The highest BCUT2D eigenvalue weighted by Crippen LogP contribution is 2.27. The van der Waals surface area contributed by atoms with Crippen LogP contribution in [0.4, 0.5) is 0 Å². The van der Waals surface area contributed by atoms with Crippen LogP contribution >= 0.6 is 0 Å². The normalized spacial score (nSPS) is 11.3. The first-order chi connectivity index (χ1) is 15.4. The number of aromatic nitrogens is 2. The molecule has 0 spiro atoms. The topological polar surface area (TPSA) is 37.6 Å². The van der Waals surface area contributed by atoms with Gasteiger partial charge >= 0.3 is 0 Å². The van der Waals surface area contributed by atoms with E-state index in [1.165, 1.54) is 5.56 Å². The summed E-state index contributed by atoms with van der Waals surface area (Å²) >= 11 is 0. The van der Waals surface area contributed by atoms with E-state index in [1.54, 1.807) is 4.90 Å². The summed E-state index contributed by atoms with van der Waals surface area (Å²) in [5.74, 6) is 0.684. The fourth-order valence-corrected chi connectivity index (χ4v) is 4.17. The first-order valence-electron chi connectivity index (χ1n) is 11.3. The van der Waals surface area contributed by atoms with Crippen LogP contribution in [0.25, 0.3) is 16.8 Å². The Labute approximate surface area is 190 Å². The Morgan fingerprint density at radius 2 is 1.81 bits per heavy atom. The number of carbonyl (C=O) groups is 1. The van der Waals surface area contributed by atoms with Gasteiger partial charge in [0, 0.05) is 38.0 Å². The van der Waals surface area contributed by atoms with Gasteiger partial charge in [0.15, 0.2) is 0 Å². The number of likely N-dealkylation sites (N-methyl/N-ethyl adjacent to an activating group) is 1. The van der Waals surface area contributed by atoms with Crippen LogP contribution < -0.4 is 0 Å². The summed E-state index contributed by atoms with van der Waals surface area (Å²) in [5.41, 5.74) is 7.31. The molecule has 0 radical (unpaired) electrons. The molecule has 0 aliphatic carbocycles. The van der Waals surface area contributed by atoms with Crippen LogP contribution in [0.2, 0.25) is 0 Å². The third-order valence-electron chi connectivity index (χ3n) is 5.94. The van der Waals surface area contributed by atoms with E-state index < -0.39 is 0 Å². The molecule has 0 aliphatic rings. The smallest absolute Gasteiger partial charge is 0.253 e. The second kappa shape index (κ2) is 9.39. The minimum Gasteiger partial charge on any atom is -0.341 e. The molecule has 0 saturated heterocycles. The van der Waals surface area contributed by atoms with Gasteiger partial charge in [-0.3, -0.25) is 4.79 Å². The van der Waals surface area contributed by atoms with E-state index in [2.05, 4.69) is 49.2 Å². The van der Waals surface area contributed by atoms with Crippen LogP contribution in [0.3, 0.4) is 0 Å². The van der Waals surface area contributed by atoms with Crippen LogP contribution in [0.1, 0.15) is 41.0 Å². The van der Waals surface area contributed by atoms with Crippen molar-refractivity contribution in [2.45, 2.75) is 33.6 Å². The van der Waals surface area contributed by atoms with Crippen molar-refractivity contribution in [3.8, 4) is 11.1 Å². The molecule has 164 valence electrons. The van der Waals surface area contributed by atoms with Gasteiger partial charge in [0.05, 0.1) is 5.69 Å². The van der Waals surface area contributed by atoms with E-state index in [9.17, 15) is 4.79 Å². The average molecular weight is 426 g/mol. The van der Waals surface area contributed by atoms with E-state index in [1.807, 2.05) is 61.1 Å². The lowest BCUT2D eigenvalue weighted by atomic mass is 9.94. The number of rotatable bonds is 7. The highest BCUT2D eigenvalue weighted by Gasteiger charge is 2.17. The maximum atomic E-state index is 13.2. The van der Waals surface area contributed by atoms with Crippen molar-refractivity contribution in [2.24, 2.45) is 5.92 Å². The molecule has 4 aromatic rings. The van der Waals surface area contributed by atoms with Gasteiger partial charge < -0.3 is 9.30 Å². The SMILES string of the molecule is Cc1c(C(=O)N(C)CCc2cn3ccccc3n2)cccc1-c1ccc(CC(C)C)cc1. The van der Waals surface area contributed by atoms with E-state index in [0.29, 0.717) is 12.5 Å². The van der Waals surface area contributed by atoms with Crippen molar-refractivity contribution < 1.29 is 4.79 Å². The summed E-state index contributed by atoms with van der Waals surface area (Å²) in [6.45, 7) is 7.13. The molecule has 0 saturated carbocycles. The average Bonchev–Trinajstić information content (AvgIpc) is 3.20. The predicted octanol–water partition coefficient (Wildman–Crippen LogP) is 5.82. The van der Waals surface area contributed by atoms with Gasteiger partial charge in [-0.05, 0) is 59.7 Å². The number of hydrogen-bond donors (Lipinski definition) is 0. The Bertz CT molecular complexity index is 1190. The van der Waals surface area contributed by atoms with Crippen molar-refractivity contribution in [1.29, 1.82) is 0 Å². The summed E-state index contributed by atoms with van der Waals surface area (Å²) in [6.07, 6.45) is 5.82. The summed E-state index contributed by atoms with van der Waals surface area (Å²) in [4.78, 5) is 19.6. The molecule has 0 unspecified atom stereocenters. The number of pyridine rings is 1. The molecule has 4 nitrogen and oxygen atoms in total. The highest BCUT2D eigenvalue weighted by atomic mass is 16.2. The van der Waals surface area contributed by atoms with Crippen molar-refractivity contribution in [3.63, 3.8) is 0 Å². The fourth-order valence-electron chi connectivity index (χ4n) is 4.17. The van der Waals surface area contributed by atoms with Gasteiger partial charge in [-0.2, -0.15) is 0 Å². The second-order valence-electron chi connectivity index (χ2n) is 8.95. The van der Waals surface area contributed by atoms with E-state index >= 15 is 0 Å². The number of carbonyl (C=O) groups excluding carboxylic acids is 1. The Morgan fingerprint density at radius 1 is 1.03 bits per heavy atom. The zero-order chi connectivity index (χ0) is 22.7. The molecule has 1 amide bonds. The number of amides is 1. The highest BCUT2D eigenvalue weighted by molar-refractivity contribution is 5.97. The number of fused-ring (bicyclic) bond motifs is 1. The minimum absolute atomic E-state index is 0.0459. The van der Waals surface area contributed by atoms with E-state index in [4.69, 9.17) is 0 Å². The molecule has 0 bridgehead atoms. The van der Waals surface area contributed by atoms with E-state index in [-0.39, 0.29) is 5.91 Å². The molecule has 2 aromatic heterocycles. The van der Waals surface area contributed by atoms with Gasteiger partial charge in [0.25, 0.3) is 5.91 Å². The number of hydrogen-bond acceptors (Lipinski definition) is 2. The molecule has 0 aliphatic heterocycles. The first-order valence-corrected chi connectivity index (χ1v) is 11.3. The fraction of sp³-hybridized carbons (Fsp3) is 0.286. The lowest BCUT2D eigenvalue weighted by Gasteiger charge is -2.19. The van der Waals surface area contributed by atoms with E-state index in [0.717, 1.165) is 46.4 Å². The largest absolute Gasteiger partial charge is 0.341 e. The Hall–Kier alpha value is -3.40. The maximum absolute atomic E-state index is 13.2. The van der Waals surface area contributed by atoms with Gasteiger partial charge in [-0.15, -0.1) is 0 Å². The van der Waals surface area contributed by atoms with Crippen LogP contribution in [0.15, 0.2) is 73.1 Å².